The molecule has 182 valence electrons. The maximum atomic E-state index is 14.0. The maximum absolute atomic E-state index is 14.0. The first-order chi connectivity index (χ1) is 17.9. The van der Waals surface area contributed by atoms with Crippen LogP contribution in [0.25, 0.3) is 21.6 Å². The molecule has 0 bridgehead atoms. The number of carbonyl (C=O) groups is 2. The molecule has 2 N–H and O–H groups in total. The first-order valence-electron chi connectivity index (χ1n) is 11.8. The number of fused-ring (bicyclic) bond motifs is 1. The molecular weight excluding hydrogens is 484 g/mol. The molecule has 7 nitrogen and oxygen atoms in total. The molecule has 1 aliphatic heterocycles. The Morgan fingerprint density at radius 1 is 0.973 bits per heavy atom. The molecule has 1 amide bonds. The molecule has 5 aromatic rings. The summed E-state index contributed by atoms with van der Waals surface area (Å²) in [5.74, 6) is -1.42. The second-order valence-corrected chi connectivity index (χ2v) is 9.96. The summed E-state index contributed by atoms with van der Waals surface area (Å²) in [6, 6.07) is 23.7. The van der Waals surface area contributed by atoms with E-state index in [1.165, 1.54) is 16.2 Å². The van der Waals surface area contributed by atoms with E-state index in [4.69, 9.17) is 0 Å². The van der Waals surface area contributed by atoms with Crippen molar-refractivity contribution in [3.8, 4) is 10.6 Å². The first-order valence-corrected chi connectivity index (χ1v) is 12.6. The molecule has 3 heterocycles. The van der Waals surface area contributed by atoms with Gasteiger partial charge in [-0.05, 0) is 37.1 Å². The maximum Gasteiger partial charge on any atom is 0.296 e. The fraction of sp³-hybridized carbons (Fsp3) is 0.103. The van der Waals surface area contributed by atoms with Gasteiger partial charge in [-0.1, -0.05) is 66.7 Å². The lowest BCUT2D eigenvalue weighted by Gasteiger charge is -2.24. The van der Waals surface area contributed by atoms with Gasteiger partial charge in [0.15, 0.2) is 5.76 Å². The average molecular weight is 507 g/mol. The molecule has 1 atom stereocenters. The molecule has 1 unspecified atom stereocenters. The largest absolute Gasteiger partial charge is 0.503 e. The van der Waals surface area contributed by atoms with Gasteiger partial charge in [-0.15, -0.1) is 11.3 Å². The number of nitrogens with one attached hydrogen (secondary N) is 1. The van der Waals surface area contributed by atoms with E-state index in [1.807, 2.05) is 85.8 Å². The third-order valence-corrected chi connectivity index (χ3v) is 7.65. The topological polar surface area (TPSA) is 99.2 Å². The van der Waals surface area contributed by atoms with Crippen LogP contribution in [0, 0.1) is 13.8 Å². The van der Waals surface area contributed by atoms with E-state index in [1.54, 1.807) is 6.92 Å². The lowest BCUT2D eigenvalue weighted by atomic mass is 9.95. The van der Waals surface area contributed by atoms with Gasteiger partial charge >= 0.3 is 0 Å². The fourth-order valence-electron chi connectivity index (χ4n) is 4.66. The summed E-state index contributed by atoms with van der Waals surface area (Å²) in [7, 11) is 0. The highest BCUT2D eigenvalue weighted by Crippen LogP contribution is 2.42. The van der Waals surface area contributed by atoms with E-state index in [2.05, 4.69) is 15.0 Å². The number of hydrogen-bond acceptors (Lipinski definition) is 6. The molecule has 0 radical (unpaired) electrons. The van der Waals surface area contributed by atoms with Crippen LogP contribution >= 0.6 is 11.3 Å². The Bertz CT molecular complexity index is 1700. The molecule has 3 aromatic carbocycles. The van der Waals surface area contributed by atoms with Crippen molar-refractivity contribution in [2.24, 2.45) is 0 Å². The lowest BCUT2D eigenvalue weighted by molar-refractivity contribution is -0.117. The van der Waals surface area contributed by atoms with Crippen LogP contribution in [0.2, 0.25) is 0 Å². The standard InChI is InChI=1S/C29H22N4O3S/c1-16-13-14-20-21(15-16)32-29(31-20)33-23(18-9-5-3-6-10-18)22(25(35)28(33)36)24(34)26-17(2)30-27(37-26)19-11-7-4-8-12-19/h3-15,23,35H,1-2H3,(H,31,32). The van der Waals surface area contributed by atoms with Crippen molar-refractivity contribution in [2.45, 2.75) is 19.9 Å². The lowest BCUT2D eigenvalue weighted by Crippen LogP contribution is -2.32. The number of aliphatic hydroxyl groups excluding tert-OH is 1. The SMILES string of the molecule is Cc1ccc2nc(N3C(=O)C(O)=C(C(=O)c4sc(-c5ccccc5)nc4C)C3c3ccccc3)[nH]c2c1. The van der Waals surface area contributed by atoms with Crippen molar-refractivity contribution < 1.29 is 14.7 Å². The minimum atomic E-state index is -0.857. The summed E-state index contributed by atoms with van der Waals surface area (Å²) in [6.45, 7) is 3.74. The smallest absolute Gasteiger partial charge is 0.296 e. The zero-order chi connectivity index (χ0) is 25.7. The minimum absolute atomic E-state index is 0.0131. The molecule has 0 fully saturated rings. The number of aryl methyl sites for hydroxylation is 2. The number of carbonyl (C=O) groups excluding carboxylic acids is 2. The summed E-state index contributed by atoms with van der Waals surface area (Å²) in [5.41, 5.74) is 4.64. The van der Waals surface area contributed by atoms with Crippen molar-refractivity contribution >= 4 is 40.0 Å². The molecule has 37 heavy (non-hydrogen) atoms. The highest BCUT2D eigenvalue weighted by molar-refractivity contribution is 7.17. The van der Waals surface area contributed by atoms with Crippen LogP contribution in [0.15, 0.2) is 90.2 Å². The Kier molecular flexibility index (Phi) is 5.46. The van der Waals surface area contributed by atoms with E-state index in [-0.39, 0.29) is 11.5 Å². The summed E-state index contributed by atoms with van der Waals surface area (Å²) >= 11 is 1.25. The molecule has 0 aliphatic carbocycles. The molecule has 6 rings (SSSR count). The van der Waals surface area contributed by atoms with Crippen LogP contribution in [0.5, 0.6) is 0 Å². The first kappa shape index (κ1) is 22.9. The molecule has 2 aromatic heterocycles. The number of aromatic amines is 1. The number of rotatable bonds is 5. The van der Waals surface area contributed by atoms with E-state index in [0.717, 1.165) is 16.6 Å². The second-order valence-electron chi connectivity index (χ2n) is 8.96. The number of nitrogens with zero attached hydrogens (tertiary/aromatic N) is 3. The monoisotopic (exact) mass is 506 g/mol. The minimum Gasteiger partial charge on any atom is -0.503 e. The number of anilines is 1. The van der Waals surface area contributed by atoms with Gasteiger partial charge in [-0.3, -0.25) is 14.5 Å². The number of H-pyrrole nitrogens is 1. The van der Waals surface area contributed by atoms with Crippen LogP contribution in [0.3, 0.4) is 0 Å². The van der Waals surface area contributed by atoms with Gasteiger partial charge in [0, 0.05) is 5.56 Å². The van der Waals surface area contributed by atoms with E-state index < -0.39 is 23.5 Å². The van der Waals surface area contributed by atoms with Gasteiger partial charge in [0.25, 0.3) is 5.91 Å². The van der Waals surface area contributed by atoms with Gasteiger partial charge in [-0.2, -0.15) is 0 Å². The number of hydrogen-bond donors (Lipinski definition) is 2. The second kappa shape index (κ2) is 8.83. The summed E-state index contributed by atoms with van der Waals surface area (Å²) in [5, 5.41) is 11.8. The van der Waals surface area contributed by atoms with Crippen molar-refractivity contribution in [3.63, 3.8) is 0 Å². The van der Waals surface area contributed by atoms with Crippen LogP contribution in [0.4, 0.5) is 5.95 Å². The van der Waals surface area contributed by atoms with E-state index >= 15 is 0 Å². The molecule has 1 aliphatic rings. The number of aromatic nitrogens is 3. The van der Waals surface area contributed by atoms with Crippen molar-refractivity contribution in [1.82, 2.24) is 15.0 Å². The predicted octanol–water partition coefficient (Wildman–Crippen LogP) is 6.09. The third kappa shape index (κ3) is 3.82. The van der Waals surface area contributed by atoms with Gasteiger partial charge < -0.3 is 10.1 Å². The highest BCUT2D eigenvalue weighted by atomic mass is 32.1. The van der Waals surface area contributed by atoms with Gasteiger partial charge in [0.2, 0.25) is 11.7 Å². The normalized spacial score (nSPS) is 15.7. The van der Waals surface area contributed by atoms with E-state index in [0.29, 0.717) is 26.7 Å². The Hall–Kier alpha value is -4.56. The molecule has 0 saturated heterocycles. The number of amides is 1. The Labute approximate surface area is 216 Å². The molecule has 8 heteroatoms. The van der Waals surface area contributed by atoms with Crippen molar-refractivity contribution in [3.05, 3.63) is 112 Å². The van der Waals surface area contributed by atoms with Crippen molar-refractivity contribution in [2.75, 3.05) is 4.90 Å². The molecule has 0 spiro atoms. The Balaban J connectivity index is 1.47. The number of thiazole rings is 1. The van der Waals surface area contributed by atoms with Crippen LogP contribution in [0.1, 0.15) is 32.5 Å². The fourth-order valence-corrected chi connectivity index (χ4v) is 5.69. The van der Waals surface area contributed by atoms with Crippen LogP contribution in [-0.4, -0.2) is 31.7 Å². The summed E-state index contributed by atoms with van der Waals surface area (Å²) in [6.07, 6.45) is 0. The van der Waals surface area contributed by atoms with E-state index in [9.17, 15) is 14.7 Å². The number of imidazole rings is 1. The summed E-state index contributed by atoms with van der Waals surface area (Å²) in [4.78, 5) is 41.6. The Morgan fingerprint density at radius 3 is 2.41 bits per heavy atom. The Morgan fingerprint density at radius 2 is 1.68 bits per heavy atom. The molecular formula is C29H22N4O3S. The zero-order valence-corrected chi connectivity index (χ0v) is 20.9. The number of ketones is 1. The van der Waals surface area contributed by atoms with Crippen LogP contribution < -0.4 is 4.90 Å². The quantitative estimate of drug-likeness (QED) is 0.281. The number of benzene rings is 3. The van der Waals surface area contributed by atoms with Crippen molar-refractivity contribution in [1.29, 1.82) is 0 Å². The highest BCUT2D eigenvalue weighted by Gasteiger charge is 2.46. The average Bonchev–Trinajstić information content (AvgIpc) is 3.58. The third-order valence-electron chi connectivity index (χ3n) is 6.44. The zero-order valence-electron chi connectivity index (χ0n) is 20.1. The number of Topliss-reactive ketones (excluding diaryl/α,β-unsaturated/α-hetero) is 1. The summed E-state index contributed by atoms with van der Waals surface area (Å²) < 4.78 is 0. The van der Waals surface area contributed by atoms with Gasteiger partial charge in [-0.25, -0.2) is 9.97 Å². The number of aliphatic hydroxyl groups is 1. The molecule has 0 saturated carbocycles. The van der Waals surface area contributed by atoms with Crippen LogP contribution in [-0.2, 0) is 4.79 Å². The van der Waals surface area contributed by atoms with Gasteiger partial charge in [0.1, 0.15) is 5.01 Å². The predicted molar refractivity (Wildman–Crippen MR) is 144 cm³/mol. The van der Waals surface area contributed by atoms with Gasteiger partial charge in [0.05, 0.1) is 33.2 Å².